The number of aliphatic hydroxyl groups is 1. The molecule has 4 aliphatic rings. The molecule has 2 saturated heterocycles. The van der Waals surface area contributed by atoms with Gasteiger partial charge in [-0.25, -0.2) is 0 Å². The van der Waals surface area contributed by atoms with Crippen LogP contribution in [0.5, 0.6) is 0 Å². The number of fused-ring (bicyclic) bond motifs is 2. The van der Waals surface area contributed by atoms with E-state index in [9.17, 15) is 19.5 Å². The summed E-state index contributed by atoms with van der Waals surface area (Å²) in [5.41, 5.74) is -0.518. The van der Waals surface area contributed by atoms with E-state index in [2.05, 4.69) is 34.6 Å². The van der Waals surface area contributed by atoms with Gasteiger partial charge in [0.05, 0.1) is 30.6 Å². The van der Waals surface area contributed by atoms with Crippen LogP contribution in [0.1, 0.15) is 52.6 Å². The minimum Gasteiger partial charge on any atom is -0.394 e. The van der Waals surface area contributed by atoms with E-state index in [-0.39, 0.29) is 29.7 Å². The Morgan fingerprint density at radius 3 is 2.18 bits per heavy atom. The molecular formula is C36H43N3O5. The van der Waals surface area contributed by atoms with Gasteiger partial charge in [0.25, 0.3) is 0 Å². The zero-order valence-corrected chi connectivity index (χ0v) is 26.2. The molecule has 0 aromatic heterocycles. The highest BCUT2D eigenvalue weighted by Gasteiger charge is 2.73. The Balaban J connectivity index is 1.49. The third-order valence-corrected chi connectivity index (χ3v) is 9.55. The van der Waals surface area contributed by atoms with Crippen LogP contribution in [0.3, 0.4) is 0 Å². The summed E-state index contributed by atoms with van der Waals surface area (Å²) in [5, 5.41) is 10.8. The number of amides is 3. The average molecular weight is 598 g/mol. The number of likely N-dealkylation sites (tertiary alicyclic amines) is 1. The van der Waals surface area contributed by atoms with Crippen molar-refractivity contribution in [3.05, 3.63) is 90.5 Å². The van der Waals surface area contributed by atoms with Crippen molar-refractivity contribution in [2.45, 2.75) is 70.4 Å². The number of hydrogen-bond acceptors (Lipinski definition) is 5. The summed E-state index contributed by atoms with van der Waals surface area (Å²) in [6.07, 6.45) is 7.64. The maximum absolute atomic E-state index is 15.0. The predicted molar refractivity (Wildman–Crippen MR) is 168 cm³/mol. The van der Waals surface area contributed by atoms with Gasteiger partial charge in [0.2, 0.25) is 17.7 Å². The van der Waals surface area contributed by atoms with Gasteiger partial charge in [-0.1, -0.05) is 93.6 Å². The maximum Gasteiger partial charge on any atom is 0.249 e. The zero-order chi connectivity index (χ0) is 31.4. The number of nitrogens with zero attached hydrogens (tertiary/aromatic N) is 3. The van der Waals surface area contributed by atoms with Crippen molar-refractivity contribution in [3.63, 3.8) is 0 Å². The number of hydrogen-bond donors (Lipinski definition) is 1. The highest BCUT2D eigenvalue weighted by molar-refractivity contribution is 6.04. The van der Waals surface area contributed by atoms with Crippen LogP contribution in [-0.2, 0) is 19.1 Å². The van der Waals surface area contributed by atoms with E-state index >= 15 is 0 Å². The van der Waals surface area contributed by atoms with E-state index in [1.807, 2.05) is 89.9 Å². The van der Waals surface area contributed by atoms with Crippen molar-refractivity contribution in [1.82, 2.24) is 9.80 Å². The third kappa shape index (κ3) is 4.88. The topological polar surface area (TPSA) is 90.4 Å². The SMILES string of the molecule is CC(C)(C)CC(C)(C)N1CC=C[C@]23O[C@H]4C=CCN(c5ccccc5)C(=O)[C@H]4[C@H]2C(=O)N([C@H](CO)c2ccccc2)C3C1=O. The average Bonchev–Trinajstić information content (AvgIpc) is 3.28. The molecule has 0 aliphatic carbocycles. The van der Waals surface area contributed by atoms with Crippen LogP contribution >= 0.6 is 0 Å². The second kappa shape index (κ2) is 11.0. The van der Waals surface area contributed by atoms with Gasteiger partial charge in [0, 0.05) is 24.3 Å². The van der Waals surface area contributed by atoms with Gasteiger partial charge in [0.1, 0.15) is 11.6 Å². The second-order valence-corrected chi connectivity index (χ2v) is 14.3. The molecule has 6 rings (SSSR count). The molecule has 2 fully saturated rings. The molecule has 3 amide bonds. The van der Waals surface area contributed by atoms with Crippen LogP contribution in [0.2, 0.25) is 0 Å². The van der Waals surface area contributed by atoms with Crippen molar-refractivity contribution in [1.29, 1.82) is 0 Å². The van der Waals surface area contributed by atoms with E-state index in [0.29, 0.717) is 13.1 Å². The molecule has 8 nitrogen and oxygen atoms in total. The molecule has 2 aromatic rings. The van der Waals surface area contributed by atoms with Crippen LogP contribution in [0.4, 0.5) is 5.69 Å². The molecule has 1 unspecified atom stereocenters. The fourth-order valence-corrected chi connectivity index (χ4v) is 8.22. The van der Waals surface area contributed by atoms with Crippen LogP contribution in [-0.4, -0.2) is 75.6 Å². The fraction of sp³-hybridized carbons (Fsp3) is 0.472. The lowest BCUT2D eigenvalue weighted by atomic mass is 9.77. The highest BCUT2D eigenvalue weighted by Crippen LogP contribution is 2.55. The molecule has 0 saturated carbocycles. The van der Waals surface area contributed by atoms with Crippen LogP contribution in [0.15, 0.2) is 85.0 Å². The highest BCUT2D eigenvalue weighted by atomic mass is 16.5. The van der Waals surface area contributed by atoms with Gasteiger partial charge >= 0.3 is 0 Å². The number of ether oxygens (including phenoxy) is 1. The molecule has 44 heavy (non-hydrogen) atoms. The number of benzene rings is 2. The van der Waals surface area contributed by atoms with Crippen LogP contribution in [0.25, 0.3) is 0 Å². The molecule has 2 aromatic carbocycles. The van der Waals surface area contributed by atoms with Gasteiger partial charge in [0.15, 0.2) is 0 Å². The van der Waals surface area contributed by atoms with Crippen LogP contribution < -0.4 is 4.90 Å². The summed E-state index contributed by atoms with van der Waals surface area (Å²) in [7, 11) is 0. The van der Waals surface area contributed by atoms with E-state index in [0.717, 1.165) is 17.7 Å². The fourth-order valence-electron chi connectivity index (χ4n) is 8.22. The number of para-hydroxylation sites is 1. The first-order valence-electron chi connectivity index (χ1n) is 15.6. The van der Waals surface area contributed by atoms with E-state index < -0.39 is 41.2 Å². The van der Waals surface area contributed by atoms with Gasteiger partial charge in [-0.2, -0.15) is 0 Å². The number of carbonyl (C=O) groups excluding carboxylic acids is 3. The summed E-state index contributed by atoms with van der Waals surface area (Å²) in [5.74, 6) is -2.58. The van der Waals surface area contributed by atoms with Gasteiger partial charge in [-0.15, -0.1) is 0 Å². The maximum atomic E-state index is 15.0. The molecule has 6 atom stereocenters. The Kier molecular flexibility index (Phi) is 7.57. The lowest BCUT2D eigenvalue weighted by Crippen LogP contribution is -2.60. The van der Waals surface area contributed by atoms with Gasteiger partial charge < -0.3 is 24.5 Å². The zero-order valence-electron chi connectivity index (χ0n) is 26.2. The lowest BCUT2D eigenvalue weighted by molar-refractivity contribution is -0.154. The summed E-state index contributed by atoms with van der Waals surface area (Å²) < 4.78 is 6.85. The number of rotatable bonds is 6. The Labute approximate surface area is 260 Å². The first-order valence-corrected chi connectivity index (χ1v) is 15.6. The number of anilines is 1. The van der Waals surface area contributed by atoms with Crippen molar-refractivity contribution in [2.75, 3.05) is 24.6 Å². The Morgan fingerprint density at radius 2 is 1.55 bits per heavy atom. The van der Waals surface area contributed by atoms with E-state index in [1.165, 1.54) is 4.90 Å². The standard InChI is InChI=1S/C36H43N3O5/c1-34(2,3)23-35(4,5)38-21-13-19-36-29(28-27(44-36)18-12-20-37(31(28)41)25-16-10-7-11-17-25)32(42)39(30(36)33(38)43)26(22-40)24-14-8-6-9-15-24/h6-19,26-30,40H,20-23H2,1-5H3/t26-,27+,28-,29+,30?,36+/m1/s1. The van der Waals surface area contributed by atoms with Crippen molar-refractivity contribution < 1.29 is 24.2 Å². The molecule has 1 spiro atoms. The predicted octanol–water partition coefficient (Wildman–Crippen LogP) is 4.52. The molecule has 0 bridgehead atoms. The molecule has 1 N–H and O–H groups in total. The molecule has 4 heterocycles. The molecule has 0 radical (unpaired) electrons. The summed E-state index contributed by atoms with van der Waals surface area (Å²) in [6.45, 7) is 10.9. The van der Waals surface area contributed by atoms with Crippen molar-refractivity contribution in [3.8, 4) is 0 Å². The molecular weight excluding hydrogens is 554 g/mol. The minimum absolute atomic E-state index is 0.0575. The summed E-state index contributed by atoms with van der Waals surface area (Å²) in [4.78, 5) is 49.3. The summed E-state index contributed by atoms with van der Waals surface area (Å²) in [6, 6.07) is 16.9. The van der Waals surface area contributed by atoms with Gasteiger partial charge in [-0.05, 0) is 43.4 Å². The van der Waals surface area contributed by atoms with Crippen molar-refractivity contribution >= 4 is 23.4 Å². The largest absolute Gasteiger partial charge is 0.394 e. The number of aliphatic hydroxyl groups excluding tert-OH is 1. The first kappa shape index (κ1) is 30.3. The van der Waals surface area contributed by atoms with E-state index in [4.69, 9.17) is 4.74 Å². The van der Waals surface area contributed by atoms with Crippen molar-refractivity contribution in [2.24, 2.45) is 17.3 Å². The second-order valence-electron chi connectivity index (χ2n) is 14.3. The lowest BCUT2D eigenvalue weighted by Gasteiger charge is -2.45. The Hall–Kier alpha value is -3.75. The molecule has 232 valence electrons. The van der Waals surface area contributed by atoms with Gasteiger partial charge in [-0.3, -0.25) is 14.4 Å². The minimum atomic E-state index is -1.38. The quantitative estimate of drug-likeness (QED) is 0.495. The molecule has 8 heteroatoms. The van der Waals surface area contributed by atoms with E-state index in [1.54, 1.807) is 4.90 Å². The number of carbonyl (C=O) groups is 3. The summed E-state index contributed by atoms with van der Waals surface area (Å²) >= 11 is 0. The first-order chi connectivity index (χ1) is 20.9. The Morgan fingerprint density at radius 1 is 0.886 bits per heavy atom. The monoisotopic (exact) mass is 597 g/mol. The third-order valence-electron chi connectivity index (χ3n) is 9.55. The normalized spacial score (nSPS) is 29.3. The Bertz CT molecular complexity index is 1480. The molecule has 4 aliphatic heterocycles. The van der Waals surface area contributed by atoms with Crippen LogP contribution in [0, 0.1) is 17.3 Å². The smallest absolute Gasteiger partial charge is 0.249 e.